The van der Waals surface area contributed by atoms with E-state index in [4.69, 9.17) is 9.47 Å². The van der Waals surface area contributed by atoms with E-state index in [1.54, 1.807) is 0 Å². The fourth-order valence-electron chi connectivity index (χ4n) is 2.06. The average Bonchev–Trinajstić information content (AvgIpc) is 3.08. The van der Waals surface area contributed by atoms with Crippen LogP contribution in [-0.4, -0.2) is 43.5 Å². The molecule has 0 atom stereocenters. The van der Waals surface area contributed by atoms with E-state index in [0.717, 1.165) is 32.2 Å². The molecule has 0 bridgehead atoms. The van der Waals surface area contributed by atoms with Crippen molar-refractivity contribution in [3.63, 3.8) is 0 Å². The molecule has 0 heterocycles. The molecule has 1 aliphatic rings. The van der Waals surface area contributed by atoms with Crippen molar-refractivity contribution in [3.05, 3.63) is 0 Å². The summed E-state index contributed by atoms with van der Waals surface area (Å²) in [7, 11) is 0. The Morgan fingerprint density at radius 2 is 1.69 bits per heavy atom. The Morgan fingerprint density at radius 3 is 2.12 bits per heavy atom. The summed E-state index contributed by atoms with van der Waals surface area (Å²) in [6.07, 6.45) is 5.00. The topological polar surface area (TPSA) is 21.7 Å². The molecule has 0 amide bonds. The second-order valence-corrected chi connectivity index (χ2v) is 4.40. The number of hydrogen-bond acceptors (Lipinski definition) is 3. The Bertz CT molecular complexity index is 165. The van der Waals surface area contributed by atoms with Gasteiger partial charge in [0.2, 0.25) is 0 Å². The van der Waals surface area contributed by atoms with Gasteiger partial charge in [-0.3, -0.25) is 0 Å². The second kappa shape index (κ2) is 8.04. The highest BCUT2D eigenvalue weighted by Gasteiger charge is 2.28. The minimum Gasteiger partial charge on any atom is -0.353 e. The van der Waals surface area contributed by atoms with Crippen LogP contribution in [0.15, 0.2) is 0 Å². The molecule has 96 valence electrons. The van der Waals surface area contributed by atoms with Gasteiger partial charge < -0.3 is 14.4 Å². The summed E-state index contributed by atoms with van der Waals surface area (Å²) in [5, 5.41) is 0. The number of hydrogen-bond donors (Lipinski definition) is 0. The van der Waals surface area contributed by atoms with Crippen molar-refractivity contribution in [2.24, 2.45) is 0 Å². The van der Waals surface area contributed by atoms with Crippen molar-refractivity contribution in [2.45, 2.75) is 58.8 Å². The van der Waals surface area contributed by atoms with Crippen molar-refractivity contribution in [2.75, 3.05) is 26.3 Å². The van der Waals surface area contributed by atoms with E-state index in [1.165, 1.54) is 25.8 Å². The SMILES string of the molecule is CCCN(CCC(OCC)OCC)C1CC1. The van der Waals surface area contributed by atoms with Crippen LogP contribution in [-0.2, 0) is 9.47 Å². The van der Waals surface area contributed by atoms with Gasteiger partial charge in [-0.1, -0.05) is 6.92 Å². The molecule has 3 heteroatoms. The van der Waals surface area contributed by atoms with E-state index >= 15 is 0 Å². The van der Waals surface area contributed by atoms with Gasteiger partial charge in [-0.05, 0) is 39.7 Å². The van der Waals surface area contributed by atoms with Crippen LogP contribution in [0.4, 0.5) is 0 Å². The molecule has 16 heavy (non-hydrogen) atoms. The normalized spacial score (nSPS) is 16.3. The molecule has 0 saturated heterocycles. The maximum Gasteiger partial charge on any atom is 0.158 e. The Balaban J connectivity index is 2.21. The predicted octanol–water partition coefficient (Wildman–Crippen LogP) is 2.65. The van der Waals surface area contributed by atoms with E-state index in [2.05, 4.69) is 11.8 Å². The summed E-state index contributed by atoms with van der Waals surface area (Å²) in [5.74, 6) is 0. The van der Waals surface area contributed by atoms with Gasteiger partial charge in [-0.2, -0.15) is 0 Å². The molecule has 0 aromatic rings. The first kappa shape index (κ1) is 13.9. The van der Waals surface area contributed by atoms with E-state index in [9.17, 15) is 0 Å². The van der Waals surface area contributed by atoms with Crippen LogP contribution in [0.2, 0.25) is 0 Å². The predicted molar refractivity (Wildman–Crippen MR) is 66.5 cm³/mol. The van der Waals surface area contributed by atoms with E-state index in [-0.39, 0.29) is 6.29 Å². The summed E-state index contributed by atoms with van der Waals surface area (Å²) < 4.78 is 11.1. The molecule has 3 nitrogen and oxygen atoms in total. The molecule has 0 N–H and O–H groups in total. The average molecular weight is 229 g/mol. The van der Waals surface area contributed by atoms with Crippen LogP contribution in [0.5, 0.6) is 0 Å². The monoisotopic (exact) mass is 229 g/mol. The second-order valence-electron chi connectivity index (χ2n) is 4.40. The van der Waals surface area contributed by atoms with Gasteiger partial charge in [-0.25, -0.2) is 0 Å². The quantitative estimate of drug-likeness (QED) is 0.538. The van der Waals surface area contributed by atoms with Crippen molar-refractivity contribution in [1.29, 1.82) is 0 Å². The van der Waals surface area contributed by atoms with Gasteiger partial charge in [0.05, 0.1) is 0 Å². The third kappa shape index (κ3) is 5.28. The molecular weight excluding hydrogens is 202 g/mol. The van der Waals surface area contributed by atoms with Crippen LogP contribution >= 0.6 is 0 Å². The minimum atomic E-state index is -0.00638. The first-order valence-electron chi connectivity index (χ1n) is 6.79. The maximum absolute atomic E-state index is 5.56. The zero-order valence-corrected chi connectivity index (χ0v) is 11.1. The molecule has 1 fully saturated rings. The van der Waals surface area contributed by atoms with Crippen molar-refractivity contribution >= 4 is 0 Å². The summed E-state index contributed by atoms with van der Waals surface area (Å²) in [6.45, 7) is 10.1. The van der Waals surface area contributed by atoms with Crippen molar-refractivity contribution in [1.82, 2.24) is 4.90 Å². The Kier molecular flexibility index (Phi) is 7.01. The van der Waals surface area contributed by atoms with E-state index in [1.807, 2.05) is 13.8 Å². The molecule has 0 aromatic carbocycles. The molecule has 0 spiro atoms. The first-order chi connectivity index (χ1) is 7.81. The highest BCUT2D eigenvalue weighted by atomic mass is 16.7. The summed E-state index contributed by atoms with van der Waals surface area (Å²) in [4.78, 5) is 2.59. The zero-order chi connectivity index (χ0) is 11.8. The number of rotatable bonds is 10. The fraction of sp³-hybridized carbons (Fsp3) is 1.00. The third-order valence-electron chi connectivity index (χ3n) is 2.93. The maximum atomic E-state index is 5.56. The largest absolute Gasteiger partial charge is 0.353 e. The number of ether oxygens (including phenoxy) is 2. The van der Waals surface area contributed by atoms with Crippen molar-refractivity contribution in [3.8, 4) is 0 Å². The number of nitrogens with zero attached hydrogens (tertiary/aromatic N) is 1. The van der Waals surface area contributed by atoms with E-state index < -0.39 is 0 Å². The first-order valence-corrected chi connectivity index (χ1v) is 6.79. The fourth-order valence-corrected chi connectivity index (χ4v) is 2.06. The lowest BCUT2D eigenvalue weighted by atomic mass is 10.3. The smallest absolute Gasteiger partial charge is 0.158 e. The summed E-state index contributed by atoms with van der Waals surface area (Å²) >= 11 is 0. The summed E-state index contributed by atoms with van der Waals surface area (Å²) in [6, 6.07) is 0.851. The highest BCUT2D eigenvalue weighted by molar-refractivity contribution is 4.84. The molecule has 0 unspecified atom stereocenters. The molecule has 1 aliphatic carbocycles. The lowest BCUT2D eigenvalue weighted by Gasteiger charge is -2.24. The van der Waals surface area contributed by atoms with Gasteiger partial charge in [-0.15, -0.1) is 0 Å². The molecule has 0 aromatic heterocycles. The Morgan fingerprint density at radius 1 is 1.06 bits per heavy atom. The lowest BCUT2D eigenvalue weighted by Crippen LogP contribution is -2.31. The van der Waals surface area contributed by atoms with Crippen LogP contribution < -0.4 is 0 Å². The zero-order valence-electron chi connectivity index (χ0n) is 11.1. The highest BCUT2D eigenvalue weighted by Crippen LogP contribution is 2.27. The van der Waals surface area contributed by atoms with Gasteiger partial charge in [0.1, 0.15) is 0 Å². The molecule has 1 rings (SSSR count). The summed E-state index contributed by atoms with van der Waals surface area (Å²) in [5.41, 5.74) is 0. The molecule has 0 radical (unpaired) electrons. The molecule has 1 saturated carbocycles. The van der Waals surface area contributed by atoms with Gasteiger partial charge in [0.25, 0.3) is 0 Å². The molecule has 0 aliphatic heterocycles. The van der Waals surface area contributed by atoms with Crippen molar-refractivity contribution < 1.29 is 9.47 Å². The Labute approximate surface area is 100 Å². The van der Waals surface area contributed by atoms with Crippen LogP contribution in [0.1, 0.15) is 46.5 Å². The Hall–Kier alpha value is -0.120. The van der Waals surface area contributed by atoms with Gasteiger partial charge in [0, 0.05) is 32.2 Å². The standard InChI is InChI=1S/C13H27NO2/c1-4-10-14(12-7-8-12)11-9-13(15-5-2)16-6-3/h12-13H,4-11H2,1-3H3. The molecular formula is C13H27NO2. The van der Waals surface area contributed by atoms with Crippen LogP contribution in [0, 0.1) is 0 Å². The van der Waals surface area contributed by atoms with Gasteiger partial charge in [0.15, 0.2) is 6.29 Å². The van der Waals surface area contributed by atoms with E-state index in [0.29, 0.717) is 0 Å². The third-order valence-corrected chi connectivity index (χ3v) is 2.93. The van der Waals surface area contributed by atoms with Crippen LogP contribution in [0.25, 0.3) is 0 Å². The lowest BCUT2D eigenvalue weighted by molar-refractivity contribution is -0.141. The van der Waals surface area contributed by atoms with Crippen LogP contribution in [0.3, 0.4) is 0 Å². The van der Waals surface area contributed by atoms with Gasteiger partial charge >= 0.3 is 0 Å². The minimum absolute atomic E-state index is 0.00638.